The summed E-state index contributed by atoms with van der Waals surface area (Å²) in [4.78, 5) is 12.5. The molecule has 4 rings (SSSR count). The van der Waals surface area contributed by atoms with Crippen LogP contribution in [-0.2, 0) is 23.2 Å². The van der Waals surface area contributed by atoms with Gasteiger partial charge in [-0.05, 0) is 90.2 Å². The second kappa shape index (κ2) is 12.4. The third-order valence-corrected chi connectivity index (χ3v) is 7.37. The van der Waals surface area contributed by atoms with Crippen molar-refractivity contribution in [1.29, 1.82) is 0 Å². The van der Waals surface area contributed by atoms with Crippen molar-refractivity contribution in [3.8, 4) is 5.75 Å². The van der Waals surface area contributed by atoms with E-state index in [2.05, 4.69) is 10.5 Å². The SMILES string of the molecule is Cc1ccc(N(Cc2ccc(C(=O)N/N=C\c3ccc(OCc4ccccc4)cc3)cc2)S(C)(=O)=O)cc1C. The number of hydrogen-bond donors (Lipinski definition) is 1. The first-order valence-electron chi connectivity index (χ1n) is 12.4. The number of nitrogens with one attached hydrogen (secondary N) is 1. The van der Waals surface area contributed by atoms with Gasteiger partial charge in [-0.2, -0.15) is 5.10 Å². The number of ether oxygens (including phenoxy) is 1. The van der Waals surface area contributed by atoms with Crippen LogP contribution in [0.5, 0.6) is 5.75 Å². The van der Waals surface area contributed by atoms with E-state index in [4.69, 9.17) is 4.74 Å². The highest BCUT2D eigenvalue weighted by Crippen LogP contribution is 2.23. The normalized spacial score (nSPS) is 11.4. The average molecular weight is 542 g/mol. The highest BCUT2D eigenvalue weighted by atomic mass is 32.2. The predicted octanol–water partition coefficient (Wildman–Crippen LogP) is 5.61. The summed E-state index contributed by atoms with van der Waals surface area (Å²) in [6, 6.07) is 29.7. The zero-order valence-corrected chi connectivity index (χ0v) is 23.0. The third kappa shape index (κ3) is 7.78. The molecule has 4 aromatic rings. The lowest BCUT2D eigenvalue weighted by molar-refractivity contribution is 0.0955. The Morgan fingerprint density at radius 2 is 1.56 bits per heavy atom. The van der Waals surface area contributed by atoms with Crippen LogP contribution in [-0.4, -0.2) is 26.8 Å². The number of benzene rings is 4. The topological polar surface area (TPSA) is 88.1 Å². The summed E-state index contributed by atoms with van der Waals surface area (Å²) in [6.45, 7) is 4.58. The maximum atomic E-state index is 12.5. The lowest BCUT2D eigenvalue weighted by Crippen LogP contribution is -2.29. The molecule has 200 valence electrons. The Morgan fingerprint density at radius 3 is 2.21 bits per heavy atom. The van der Waals surface area contributed by atoms with Gasteiger partial charge < -0.3 is 4.74 Å². The summed E-state index contributed by atoms with van der Waals surface area (Å²) in [5.74, 6) is 0.377. The molecule has 1 amide bonds. The molecule has 4 aromatic carbocycles. The number of carbonyl (C=O) groups excluding carboxylic acids is 1. The Balaban J connectivity index is 1.33. The Hall–Kier alpha value is -4.43. The van der Waals surface area contributed by atoms with Crippen molar-refractivity contribution in [3.05, 3.63) is 130 Å². The zero-order valence-electron chi connectivity index (χ0n) is 22.2. The van der Waals surface area contributed by atoms with Gasteiger partial charge in [-0.25, -0.2) is 13.8 Å². The van der Waals surface area contributed by atoms with Gasteiger partial charge in [0.25, 0.3) is 5.91 Å². The number of aryl methyl sites for hydroxylation is 2. The summed E-state index contributed by atoms with van der Waals surface area (Å²) in [5.41, 5.74) is 8.31. The molecule has 0 heterocycles. The minimum absolute atomic E-state index is 0.159. The fourth-order valence-corrected chi connectivity index (χ4v) is 4.71. The molecule has 0 aromatic heterocycles. The Kier molecular flexibility index (Phi) is 8.78. The maximum Gasteiger partial charge on any atom is 0.271 e. The predicted molar refractivity (Wildman–Crippen MR) is 156 cm³/mol. The molecule has 0 fully saturated rings. The quantitative estimate of drug-likeness (QED) is 0.209. The molecule has 1 N–H and O–H groups in total. The van der Waals surface area contributed by atoms with Crippen LogP contribution >= 0.6 is 0 Å². The van der Waals surface area contributed by atoms with Crippen LogP contribution in [0, 0.1) is 13.8 Å². The minimum Gasteiger partial charge on any atom is -0.489 e. The van der Waals surface area contributed by atoms with Crippen molar-refractivity contribution in [2.45, 2.75) is 27.0 Å². The van der Waals surface area contributed by atoms with Crippen LogP contribution in [0.2, 0.25) is 0 Å². The lowest BCUT2D eigenvalue weighted by Gasteiger charge is -2.23. The fraction of sp³-hybridized carbons (Fsp3) is 0.161. The Morgan fingerprint density at radius 1 is 0.872 bits per heavy atom. The van der Waals surface area contributed by atoms with Crippen LogP contribution in [0.3, 0.4) is 0 Å². The second-order valence-electron chi connectivity index (χ2n) is 9.28. The molecule has 0 bridgehead atoms. The molecule has 0 saturated heterocycles. The minimum atomic E-state index is -3.50. The maximum absolute atomic E-state index is 12.5. The van der Waals surface area contributed by atoms with E-state index in [-0.39, 0.29) is 12.5 Å². The number of hydrogen-bond acceptors (Lipinski definition) is 5. The van der Waals surface area contributed by atoms with E-state index in [0.29, 0.717) is 17.9 Å². The Labute approximate surface area is 229 Å². The molecular formula is C31H31N3O4S. The van der Waals surface area contributed by atoms with Crippen LogP contribution in [0.4, 0.5) is 5.69 Å². The summed E-state index contributed by atoms with van der Waals surface area (Å²) in [5, 5.41) is 4.05. The molecule has 0 radical (unpaired) electrons. The van der Waals surface area contributed by atoms with Crippen molar-refractivity contribution in [3.63, 3.8) is 0 Å². The molecule has 0 saturated carbocycles. The van der Waals surface area contributed by atoms with Gasteiger partial charge in [0.15, 0.2) is 0 Å². The molecule has 8 heteroatoms. The first-order chi connectivity index (χ1) is 18.7. The first-order valence-corrected chi connectivity index (χ1v) is 14.3. The smallest absolute Gasteiger partial charge is 0.271 e. The van der Waals surface area contributed by atoms with E-state index in [1.54, 1.807) is 36.5 Å². The van der Waals surface area contributed by atoms with Crippen LogP contribution in [0.1, 0.15) is 38.2 Å². The van der Waals surface area contributed by atoms with E-state index >= 15 is 0 Å². The molecule has 0 aliphatic heterocycles. The lowest BCUT2D eigenvalue weighted by atomic mass is 10.1. The van der Waals surface area contributed by atoms with Crippen LogP contribution in [0.25, 0.3) is 0 Å². The fourth-order valence-electron chi connectivity index (χ4n) is 3.83. The summed E-state index contributed by atoms with van der Waals surface area (Å²) in [6.07, 6.45) is 2.74. The van der Waals surface area contributed by atoms with Crippen molar-refractivity contribution < 1.29 is 17.9 Å². The van der Waals surface area contributed by atoms with Crippen molar-refractivity contribution >= 4 is 27.8 Å². The highest BCUT2D eigenvalue weighted by molar-refractivity contribution is 7.92. The first kappa shape index (κ1) is 27.6. The highest BCUT2D eigenvalue weighted by Gasteiger charge is 2.18. The van der Waals surface area contributed by atoms with Gasteiger partial charge in [0.05, 0.1) is 24.7 Å². The van der Waals surface area contributed by atoms with Gasteiger partial charge >= 0.3 is 0 Å². The summed E-state index contributed by atoms with van der Waals surface area (Å²) >= 11 is 0. The molecular weight excluding hydrogens is 510 g/mol. The van der Waals surface area contributed by atoms with Gasteiger partial charge in [0, 0.05) is 5.56 Å². The Bertz CT molecular complexity index is 1550. The second-order valence-corrected chi connectivity index (χ2v) is 11.2. The summed E-state index contributed by atoms with van der Waals surface area (Å²) < 4.78 is 32.1. The number of carbonyl (C=O) groups is 1. The standard InChI is InChI=1S/C31H31N3O4S/c1-23-9-16-29(19-24(23)2)34(39(3,36)37)21-26-10-14-28(15-11-26)31(35)33-32-20-25-12-17-30(18-13-25)38-22-27-7-5-4-6-8-27/h4-20H,21-22H2,1-3H3,(H,33,35)/b32-20-. The van der Waals surface area contributed by atoms with Gasteiger partial charge in [0.1, 0.15) is 12.4 Å². The largest absolute Gasteiger partial charge is 0.489 e. The van der Waals surface area contributed by atoms with E-state index in [1.165, 1.54) is 10.6 Å². The number of rotatable bonds is 10. The molecule has 0 spiro atoms. The van der Waals surface area contributed by atoms with Gasteiger partial charge in [-0.3, -0.25) is 9.10 Å². The number of sulfonamides is 1. The molecule has 0 aliphatic rings. The number of anilines is 1. The van der Waals surface area contributed by atoms with E-state index in [9.17, 15) is 13.2 Å². The van der Waals surface area contributed by atoms with Crippen molar-refractivity contribution in [2.24, 2.45) is 5.10 Å². The number of amides is 1. The van der Waals surface area contributed by atoms with Gasteiger partial charge in [-0.1, -0.05) is 48.5 Å². The third-order valence-electron chi connectivity index (χ3n) is 6.23. The van der Waals surface area contributed by atoms with Gasteiger partial charge in [0.2, 0.25) is 10.0 Å². The molecule has 7 nitrogen and oxygen atoms in total. The van der Waals surface area contributed by atoms with Crippen LogP contribution < -0.4 is 14.5 Å². The number of nitrogens with zero attached hydrogens (tertiary/aromatic N) is 2. The molecule has 0 unspecified atom stereocenters. The molecule has 0 aliphatic carbocycles. The molecule has 39 heavy (non-hydrogen) atoms. The monoisotopic (exact) mass is 541 g/mol. The summed E-state index contributed by atoms with van der Waals surface area (Å²) in [7, 11) is -3.50. The van der Waals surface area contributed by atoms with Gasteiger partial charge in [-0.15, -0.1) is 0 Å². The zero-order chi connectivity index (χ0) is 27.8. The van der Waals surface area contributed by atoms with Crippen molar-refractivity contribution in [2.75, 3.05) is 10.6 Å². The van der Waals surface area contributed by atoms with Crippen molar-refractivity contribution in [1.82, 2.24) is 5.43 Å². The van der Waals surface area contributed by atoms with Crippen LogP contribution in [0.15, 0.2) is 102 Å². The molecule has 0 atom stereocenters. The average Bonchev–Trinajstić information content (AvgIpc) is 2.93. The number of hydrazone groups is 1. The van der Waals surface area contributed by atoms with E-state index in [0.717, 1.165) is 33.6 Å². The van der Waals surface area contributed by atoms with E-state index in [1.807, 2.05) is 80.6 Å². The van der Waals surface area contributed by atoms with E-state index < -0.39 is 10.0 Å².